The summed E-state index contributed by atoms with van der Waals surface area (Å²) in [4.78, 5) is 13.8. The Labute approximate surface area is 153 Å². The van der Waals surface area contributed by atoms with E-state index < -0.39 is 0 Å². The zero-order valence-electron chi connectivity index (χ0n) is 15.0. The topological polar surface area (TPSA) is 60.2 Å². The third kappa shape index (κ3) is 4.47. The Hall–Kier alpha value is -3.15. The Morgan fingerprint density at radius 3 is 2.50 bits per heavy atom. The summed E-state index contributed by atoms with van der Waals surface area (Å²) in [5.41, 5.74) is 2.70. The van der Waals surface area contributed by atoms with Crippen LogP contribution in [0.25, 0.3) is 0 Å². The van der Waals surface area contributed by atoms with Crippen LogP contribution in [0.4, 0.5) is 5.69 Å². The fraction of sp³-hybridized carbons (Fsp3) is 0.250. The van der Waals surface area contributed by atoms with Crippen LogP contribution in [-0.2, 0) is 17.9 Å². The monoisotopic (exact) mass is 350 g/mol. The number of carbonyl (C=O) groups excluding carboxylic acids is 1. The van der Waals surface area contributed by atoms with E-state index in [0.717, 1.165) is 22.7 Å². The summed E-state index contributed by atoms with van der Waals surface area (Å²) in [7, 11) is 0. The maximum atomic E-state index is 12.1. The molecule has 0 aliphatic heterocycles. The van der Waals surface area contributed by atoms with Crippen LogP contribution in [0.3, 0.4) is 0 Å². The summed E-state index contributed by atoms with van der Waals surface area (Å²) >= 11 is 0. The number of ether oxygens (including phenoxy) is 1. The second-order valence-electron chi connectivity index (χ2n) is 5.93. The number of hydrogen-bond acceptors (Lipinski definition) is 4. The Bertz CT molecular complexity index is 844. The molecule has 0 spiro atoms. The minimum atomic E-state index is -0.0493. The lowest BCUT2D eigenvalue weighted by Gasteiger charge is -2.20. The van der Waals surface area contributed by atoms with Gasteiger partial charge in [-0.2, -0.15) is 0 Å². The first-order valence-corrected chi connectivity index (χ1v) is 8.59. The van der Waals surface area contributed by atoms with Crippen molar-refractivity contribution in [1.82, 2.24) is 15.0 Å². The zero-order chi connectivity index (χ0) is 18.4. The van der Waals surface area contributed by atoms with Crippen LogP contribution in [0.1, 0.15) is 25.1 Å². The maximum Gasteiger partial charge on any atom is 0.224 e. The lowest BCUT2D eigenvalue weighted by Crippen LogP contribution is -2.27. The molecule has 6 heteroatoms. The molecule has 1 amide bonds. The number of benzene rings is 2. The first kappa shape index (κ1) is 17.7. The fourth-order valence-electron chi connectivity index (χ4n) is 2.69. The van der Waals surface area contributed by atoms with Crippen molar-refractivity contribution >= 4 is 11.6 Å². The van der Waals surface area contributed by atoms with Crippen LogP contribution in [0.5, 0.6) is 5.75 Å². The average molecular weight is 350 g/mol. The van der Waals surface area contributed by atoms with E-state index in [-0.39, 0.29) is 5.91 Å². The molecule has 26 heavy (non-hydrogen) atoms. The molecule has 0 N–H and O–H groups in total. The summed E-state index contributed by atoms with van der Waals surface area (Å²) in [6.45, 7) is 5.12. The summed E-state index contributed by atoms with van der Waals surface area (Å²) in [5.74, 6) is 0.736. The Morgan fingerprint density at radius 1 is 1.12 bits per heavy atom. The normalized spacial score (nSPS) is 10.5. The van der Waals surface area contributed by atoms with Crippen LogP contribution in [0.15, 0.2) is 60.8 Å². The number of rotatable bonds is 7. The molecule has 6 nitrogen and oxygen atoms in total. The van der Waals surface area contributed by atoms with Crippen molar-refractivity contribution in [2.45, 2.75) is 26.9 Å². The Morgan fingerprint density at radius 2 is 1.85 bits per heavy atom. The second-order valence-corrected chi connectivity index (χ2v) is 5.93. The van der Waals surface area contributed by atoms with E-state index in [2.05, 4.69) is 10.3 Å². The third-order valence-electron chi connectivity index (χ3n) is 3.93. The highest BCUT2D eigenvalue weighted by Gasteiger charge is 2.14. The highest BCUT2D eigenvalue weighted by molar-refractivity contribution is 5.91. The van der Waals surface area contributed by atoms with E-state index >= 15 is 0 Å². The molecule has 0 aliphatic rings. The second kappa shape index (κ2) is 8.29. The van der Waals surface area contributed by atoms with Gasteiger partial charge in [-0.15, -0.1) is 5.10 Å². The molecule has 0 unspecified atom stereocenters. The summed E-state index contributed by atoms with van der Waals surface area (Å²) in [6.07, 6.45) is 1.87. The van der Waals surface area contributed by atoms with E-state index in [1.807, 2.05) is 67.7 Å². The number of aromatic nitrogens is 3. The van der Waals surface area contributed by atoms with Gasteiger partial charge in [0.15, 0.2) is 0 Å². The van der Waals surface area contributed by atoms with Crippen molar-refractivity contribution in [2.24, 2.45) is 0 Å². The van der Waals surface area contributed by atoms with Crippen molar-refractivity contribution < 1.29 is 9.53 Å². The molecule has 134 valence electrons. The molecular weight excluding hydrogens is 328 g/mol. The van der Waals surface area contributed by atoms with Crippen molar-refractivity contribution in [3.8, 4) is 5.75 Å². The van der Waals surface area contributed by atoms with Crippen molar-refractivity contribution in [3.63, 3.8) is 0 Å². The molecule has 2 aromatic carbocycles. The maximum absolute atomic E-state index is 12.1. The molecule has 3 rings (SSSR count). The predicted octanol–water partition coefficient (Wildman–Crippen LogP) is 3.28. The standard InChI is InChI=1S/C20H22N4O2/c1-3-26-20-11-9-19(10-12-20)24(16(2)25)15-18-14-23(22-21-18)13-17-7-5-4-6-8-17/h4-12,14H,3,13,15H2,1-2H3. The molecule has 1 aromatic heterocycles. The van der Waals surface area contributed by atoms with Gasteiger partial charge in [-0.05, 0) is 36.8 Å². The van der Waals surface area contributed by atoms with Gasteiger partial charge in [-0.1, -0.05) is 35.5 Å². The van der Waals surface area contributed by atoms with E-state index in [4.69, 9.17) is 4.74 Å². The van der Waals surface area contributed by atoms with Crippen molar-refractivity contribution in [2.75, 3.05) is 11.5 Å². The quantitative estimate of drug-likeness (QED) is 0.656. The number of carbonyl (C=O) groups is 1. The van der Waals surface area contributed by atoms with Gasteiger partial charge >= 0.3 is 0 Å². The van der Waals surface area contributed by atoms with Gasteiger partial charge in [0.1, 0.15) is 11.4 Å². The Kier molecular flexibility index (Phi) is 5.63. The average Bonchev–Trinajstić information content (AvgIpc) is 3.08. The lowest BCUT2D eigenvalue weighted by molar-refractivity contribution is -0.116. The molecular formula is C20H22N4O2. The van der Waals surface area contributed by atoms with Crippen molar-refractivity contribution in [3.05, 3.63) is 72.1 Å². The number of nitrogens with zero attached hydrogens (tertiary/aromatic N) is 4. The van der Waals surface area contributed by atoms with E-state index in [9.17, 15) is 4.79 Å². The molecule has 1 heterocycles. The van der Waals surface area contributed by atoms with Gasteiger partial charge < -0.3 is 9.64 Å². The summed E-state index contributed by atoms with van der Waals surface area (Å²) in [6, 6.07) is 17.5. The molecule has 0 atom stereocenters. The minimum Gasteiger partial charge on any atom is -0.494 e. The van der Waals surface area contributed by atoms with E-state index in [1.54, 1.807) is 16.5 Å². The third-order valence-corrected chi connectivity index (χ3v) is 3.93. The van der Waals surface area contributed by atoms with E-state index in [1.165, 1.54) is 0 Å². The summed E-state index contributed by atoms with van der Waals surface area (Å²) in [5, 5.41) is 8.37. The fourth-order valence-corrected chi connectivity index (χ4v) is 2.69. The van der Waals surface area contributed by atoms with Gasteiger partial charge in [0.25, 0.3) is 0 Å². The highest BCUT2D eigenvalue weighted by atomic mass is 16.5. The van der Waals surface area contributed by atoms with Crippen LogP contribution >= 0.6 is 0 Å². The summed E-state index contributed by atoms with van der Waals surface area (Å²) < 4.78 is 7.23. The zero-order valence-corrected chi connectivity index (χ0v) is 15.0. The largest absolute Gasteiger partial charge is 0.494 e. The molecule has 0 aliphatic carbocycles. The minimum absolute atomic E-state index is 0.0493. The molecule has 0 bridgehead atoms. The SMILES string of the molecule is CCOc1ccc(N(Cc2cn(Cc3ccccc3)nn2)C(C)=O)cc1. The molecule has 0 fully saturated rings. The lowest BCUT2D eigenvalue weighted by atomic mass is 10.2. The van der Waals surface area contributed by atoms with Gasteiger partial charge in [0, 0.05) is 12.6 Å². The van der Waals surface area contributed by atoms with Gasteiger partial charge in [0.2, 0.25) is 5.91 Å². The van der Waals surface area contributed by atoms with Crippen LogP contribution in [0, 0.1) is 0 Å². The van der Waals surface area contributed by atoms with Gasteiger partial charge in [0.05, 0.1) is 25.9 Å². The molecule has 3 aromatic rings. The molecule has 0 saturated heterocycles. The van der Waals surface area contributed by atoms with E-state index in [0.29, 0.717) is 19.7 Å². The number of hydrogen-bond donors (Lipinski definition) is 0. The smallest absolute Gasteiger partial charge is 0.224 e. The first-order chi connectivity index (χ1) is 12.7. The Balaban J connectivity index is 1.71. The van der Waals surface area contributed by atoms with Crippen LogP contribution in [0.2, 0.25) is 0 Å². The van der Waals surface area contributed by atoms with Crippen LogP contribution in [-0.4, -0.2) is 27.5 Å². The molecule has 0 saturated carbocycles. The predicted molar refractivity (Wildman–Crippen MR) is 100 cm³/mol. The number of anilines is 1. The van der Waals surface area contributed by atoms with Crippen molar-refractivity contribution in [1.29, 1.82) is 0 Å². The highest BCUT2D eigenvalue weighted by Crippen LogP contribution is 2.21. The number of amides is 1. The van der Waals surface area contributed by atoms with Gasteiger partial charge in [-0.25, -0.2) is 4.68 Å². The van der Waals surface area contributed by atoms with Crippen LogP contribution < -0.4 is 9.64 Å². The van der Waals surface area contributed by atoms with Gasteiger partial charge in [-0.3, -0.25) is 4.79 Å². The molecule has 0 radical (unpaired) electrons. The first-order valence-electron chi connectivity index (χ1n) is 8.59.